The van der Waals surface area contributed by atoms with Crippen LogP contribution in [0.5, 0.6) is 0 Å². The van der Waals surface area contributed by atoms with Gasteiger partial charge in [-0.05, 0) is 134 Å². The molecule has 8 aromatic rings. The topological polar surface area (TPSA) is 0 Å². The van der Waals surface area contributed by atoms with E-state index in [0.717, 1.165) is 0 Å². The van der Waals surface area contributed by atoms with Gasteiger partial charge in [-0.15, -0.1) is 0 Å². The third-order valence-electron chi connectivity index (χ3n) is 12.0. The van der Waals surface area contributed by atoms with Gasteiger partial charge in [-0.1, -0.05) is 125 Å². The Morgan fingerprint density at radius 1 is 0.326 bits per heavy atom. The second-order valence-corrected chi connectivity index (χ2v) is 14.9. The first-order valence-corrected chi connectivity index (χ1v) is 16.6. The highest BCUT2D eigenvalue weighted by atomic mass is 14.4. The van der Waals surface area contributed by atoms with Gasteiger partial charge in [-0.3, -0.25) is 0 Å². The first-order chi connectivity index (χ1) is 22.3. The third-order valence-corrected chi connectivity index (χ3v) is 12.0. The lowest BCUT2D eigenvalue weighted by Gasteiger charge is -2.22. The molecule has 0 bridgehead atoms. The van der Waals surface area contributed by atoms with Crippen molar-refractivity contribution < 1.29 is 0 Å². The fourth-order valence-electron chi connectivity index (χ4n) is 9.67. The molecule has 216 valence electrons. The first kappa shape index (κ1) is 25.0. The minimum absolute atomic E-state index is 0.0124. The molecule has 3 aliphatic carbocycles. The summed E-state index contributed by atoms with van der Waals surface area (Å²) in [5, 5.41) is 8.22. The van der Waals surface area contributed by atoms with Gasteiger partial charge in [0.2, 0.25) is 0 Å². The molecule has 0 radical (unpaired) electrons. The molecule has 0 heterocycles. The standard InChI is InChI=1S/C46H32/c1-45(2)38-11-7-5-9-29(38)31-18-15-26(22-40(31)45)28-17-16-27-21-37-34-23-36-30-10-6-8-12-39(30)46(3,4)41(36)24-35(34)33-20-14-25-13-19-32(28)42(27)43(25)44(33)37/h5-24H,1-4H3. The number of benzene rings is 8. The summed E-state index contributed by atoms with van der Waals surface area (Å²) in [6.07, 6.45) is 0. The van der Waals surface area contributed by atoms with Crippen molar-refractivity contribution in [1.82, 2.24) is 0 Å². The van der Waals surface area contributed by atoms with E-state index in [4.69, 9.17) is 0 Å². The lowest BCUT2D eigenvalue weighted by molar-refractivity contribution is 0.660. The van der Waals surface area contributed by atoms with Crippen LogP contribution in [0.4, 0.5) is 0 Å². The van der Waals surface area contributed by atoms with Gasteiger partial charge in [0.1, 0.15) is 0 Å². The number of hydrogen-bond acceptors (Lipinski definition) is 0. The highest BCUT2D eigenvalue weighted by Gasteiger charge is 2.38. The smallest absolute Gasteiger partial charge is 0.0159 e. The zero-order chi connectivity index (χ0) is 30.7. The predicted octanol–water partition coefficient (Wildman–Crippen LogP) is 12.5. The van der Waals surface area contributed by atoms with Crippen LogP contribution in [-0.2, 0) is 10.8 Å². The molecule has 0 heteroatoms. The average Bonchev–Trinajstić information content (AvgIpc) is 3.61. The van der Waals surface area contributed by atoms with E-state index in [2.05, 4.69) is 149 Å². The molecule has 0 N–H and O–H groups in total. The van der Waals surface area contributed by atoms with Crippen molar-refractivity contribution >= 4 is 32.3 Å². The van der Waals surface area contributed by atoms with E-state index in [1.807, 2.05) is 0 Å². The quantitative estimate of drug-likeness (QED) is 0.168. The molecule has 0 unspecified atom stereocenters. The fraction of sp³-hybridized carbons (Fsp3) is 0.130. The molecule has 8 aromatic carbocycles. The van der Waals surface area contributed by atoms with Crippen LogP contribution < -0.4 is 0 Å². The Hall–Kier alpha value is -5.20. The molecular weight excluding hydrogens is 553 g/mol. The summed E-state index contributed by atoms with van der Waals surface area (Å²) in [4.78, 5) is 0. The van der Waals surface area contributed by atoms with Gasteiger partial charge < -0.3 is 0 Å². The number of fused-ring (bicyclic) bond motifs is 9. The molecule has 0 saturated heterocycles. The van der Waals surface area contributed by atoms with E-state index in [9.17, 15) is 0 Å². The Bertz CT molecular complexity index is 2680. The maximum Gasteiger partial charge on any atom is 0.0159 e. The van der Waals surface area contributed by atoms with E-state index in [0.29, 0.717) is 0 Å². The Labute approximate surface area is 269 Å². The van der Waals surface area contributed by atoms with E-state index in [1.165, 1.54) is 110 Å². The molecule has 0 aromatic heterocycles. The number of hydrogen-bond donors (Lipinski definition) is 0. The largest absolute Gasteiger partial charge is 0.0619 e. The van der Waals surface area contributed by atoms with Crippen LogP contribution in [0.25, 0.3) is 88.0 Å². The summed E-state index contributed by atoms with van der Waals surface area (Å²) < 4.78 is 0. The van der Waals surface area contributed by atoms with Crippen LogP contribution in [0.3, 0.4) is 0 Å². The van der Waals surface area contributed by atoms with E-state index in [-0.39, 0.29) is 10.8 Å². The average molecular weight is 585 g/mol. The van der Waals surface area contributed by atoms with Crippen LogP contribution in [0.15, 0.2) is 121 Å². The zero-order valence-electron chi connectivity index (χ0n) is 26.5. The van der Waals surface area contributed by atoms with Crippen molar-refractivity contribution in [2.75, 3.05) is 0 Å². The molecule has 0 atom stereocenters. The summed E-state index contributed by atoms with van der Waals surface area (Å²) in [6, 6.07) is 46.7. The Morgan fingerprint density at radius 3 is 1.70 bits per heavy atom. The maximum atomic E-state index is 2.52. The Balaban J connectivity index is 1.16. The van der Waals surface area contributed by atoms with Crippen LogP contribution >= 0.6 is 0 Å². The Kier molecular flexibility index (Phi) is 4.33. The molecule has 0 nitrogen and oxygen atoms in total. The van der Waals surface area contributed by atoms with E-state index >= 15 is 0 Å². The minimum atomic E-state index is -0.0184. The maximum absolute atomic E-state index is 2.52. The molecule has 3 aliphatic rings. The summed E-state index contributed by atoms with van der Waals surface area (Å²) in [5.41, 5.74) is 19.4. The molecule has 11 rings (SSSR count). The second kappa shape index (κ2) is 7.95. The highest BCUT2D eigenvalue weighted by molar-refractivity contribution is 6.33. The third kappa shape index (κ3) is 2.80. The normalized spacial score (nSPS) is 15.7. The monoisotopic (exact) mass is 584 g/mol. The van der Waals surface area contributed by atoms with Gasteiger partial charge in [0.15, 0.2) is 0 Å². The lowest BCUT2D eigenvalue weighted by atomic mass is 9.81. The van der Waals surface area contributed by atoms with Gasteiger partial charge in [0.25, 0.3) is 0 Å². The van der Waals surface area contributed by atoms with Gasteiger partial charge in [-0.2, -0.15) is 0 Å². The number of rotatable bonds is 1. The molecule has 0 spiro atoms. The van der Waals surface area contributed by atoms with Gasteiger partial charge >= 0.3 is 0 Å². The molecule has 0 amide bonds. The molecule has 0 saturated carbocycles. The summed E-state index contributed by atoms with van der Waals surface area (Å²) in [5.74, 6) is 0. The molecule has 0 fully saturated rings. The van der Waals surface area contributed by atoms with Crippen molar-refractivity contribution in [2.45, 2.75) is 38.5 Å². The van der Waals surface area contributed by atoms with E-state index < -0.39 is 0 Å². The van der Waals surface area contributed by atoms with Crippen LogP contribution in [0.1, 0.15) is 49.9 Å². The fourth-order valence-corrected chi connectivity index (χ4v) is 9.67. The van der Waals surface area contributed by atoms with Crippen molar-refractivity contribution in [1.29, 1.82) is 0 Å². The van der Waals surface area contributed by atoms with Gasteiger partial charge in [0, 0.05) is 10.8 Å². The lowest BCUT2D eigenvalue weighted by Crippen LogP contribution is -2.14. The van der Waals surface area contributed by atoms with Crippen LogP contribution in [0.2, 0.25) is 0 Å². The minimum Gasteiger partial charge on any atom is -0.0619 e. The summed E-state index contributed by atoms with van der Waals surface area (Å²) >= 11 is 0. The summed E-state index contributed by atoms with van der Waals surface area (Å²) in [6.45, 7) is 9.51. The summed E-state index contributed by atoms with van der Waals surface area (Å²) in [7, 11) is 0. The van der Waals surface area contributed by atoms with Crippen LogP contribution in [0, 0.1) is 0 Å². The Morgan fingerprint density at radius 2 is 0.913 bits per heavy atom. The predicted molar refractivity (Wildman–Crippen MR) is 195 cm³/mol. The molecular formula is C46H32. The van der Waals surface area contributed by atoms with Crippen molar-refractivity contribution in [3.63, 3.8) is 0 Å². The molecule has 0 aliphatic heterocycles. The van der Waals surface area contributed by atoms with Gasteiger partial charge in [-0.25, -0.2) is 0 Å². The van der Waals surface area contributed by atoms with Crippen molar-refractivity contribution in [3.05, 3.63) is 144 Å². The zero-order valence-corrected chi connectivity index (χ0v) is 26.5. The van der Waals surface area contributed by atoms with Crippen LogP contribution in [-0.4, -0.2) is 0 Å². The molecule has 46 heavy (non-hydrogen) atoms. The van der Waals surface area contributed by atoms with Crippen molar-refractivity contribution in [2.24, 2.45) is 0 Å². The SMILES string of the molecule is CC1(C)c2ccccc2-c2ccc(-c3ccc4cc5c6c(ccc7ccc3c4c76)-c3cc4c(cc3-5)-c3ccccc3C4(C)C)cc21. The highest BCUT2D eigenvalue weighted by Crippen LogP contribution is 2.58. The van der Waals surface area contributed by atoms with E-state index in [1.54, 1.807) is 0 Å². The van der Waals surface area contributed by atoms with Crippen molar-refractivity contribution in [3.8, 4) is 55.6 Å². The van der Waals surface area contributed by atoms with Gasteiger partial charge in [0.05, 0.1) is 0 Å². The second-order valence-electron chi connectivity index (χ2n) is 14.9. The first-order valence-electron chi connectivity index (χ1n) is 16.6.